The van der Waals surface area contributed by atoms with Gasteiger partial charge in [0.25, 0.3) is 5.91 Å². The molecule has 2 fully saturated rings. The number of likely N-dealkylation sites (tertiary alicyclic amines) is 1. The van der Waals surface area contributed by atoms with E-state index in [1.54, 1.807) is 0 Å². The summed E-state index contributed by atoms with van der Waals surface area (Å²) in [6, 6.07) is 4.66. The summed E-state index contributed by atoms with van der Waals surface area (Å²) in [5, 5.41) is 9.16. The summed E-state index contributed by atoms with van der Waals surface area (Å²) in [5.41, 5.74) is 0.826. The molecule has 2 heterocycles. The van der Waals surface area contributed by atoms with Crippen molar-refractivity contribution in [2.45, 2.75) is 50.6 Å². The molecule has 4 heteroatoms. The number of nitrogens with zero attached hydrogens (tertiary/aromatic N) is 2. The lowest BCUT2D eigenvalue weighted by atomic mass is 9.99. The number of piperidine rings is 1. The summed E-state index contributed by atoms with van der Waals surface area (Å²) >= 11 is 0. The zero-order valence-corrected chi connectivity index (χ0v) is 11.3. The minimum atomic E-state index is 0.148. The molecule has 0 spiro atoms. The second-order valence-corrected chi connectivity index (χ2v) is 5.69. The zero-order valence-electron chi connectivity index (χ0n) is 11.3. The molecule has 0 aromatic carbocycles. The van der Waals surface area contributed by atoms with Crippen molar-refractivity contribution in [1.29, 1.82) is 0 Å². The highest BCUT2D eigenvalue weighted by molar-refractivity contribution is 5.93. The molecule has 1 aromatic heterocycles. The van der Waals surface area contributed by atoms with E-state index in [0.717, 1.165) is 31.5 Å². The Bertz CT molecular complexity index is 449. The predicted molar refractivity (Wildman–Crippen MR) is 73.1 cm³/mol. The SMILES string of the molecule is O=C(c1cccn1C1CC1)N1CCCCC1CCO. The summed E-state index contributed by atoms with van der Waals surface area (Å²) in [5.74, 6) is 0.148. The normalized spacial score (nSPS) is 23.6. The smallest absolute Gasteiger partial charge is 0.270 e. The average Bonchev–Trinajstić information content (AvgIpc) is 3.16. The third-order valence-corrected chi connectivity index (χ3v) is 4.29. The van der Waals surface area contributed by atoms with Crippen molar-refractivity contribution in [3.63, 3.8) is 0 Å². The predicted octanol–water partition coefficient (Wildman–Crippen LogP) is 2.20. The van der Waals surface area contributed by atoms with Crippen LogP contribution in [-0.2, 0) is 0 Å². The Kier molecular flexibility index (Phi) is 3.60. The number of carbonyl (C=O) groups excluding carboxylic acids is 1. The lowest BCUT2D eigenvalue weighted by Gasteiger charge is -2.35. The molecule has 1 saturated heterocycles. The highest BCUT2D eigenvalue weighted by Crippen LogP contribution is 2.36. The van der Waals surface area contributed by atoms with Crippen LogP contribution in [0.15, 0.2) is 18.3 Å². The number of rotatable bonds is 4. The van der Waals surface area contributed by atoms with Gasteiger partial charge in [0.15, 0.2) is 0 Å². The molecule has 2 aliphatic rings. The van der Waals surface area contributed by atoms with Gasteiger partial charge in [-0.1, -0.05) is 0 Å². The lowest BCUT2D eigenvalue weighted by Crippen LogP contribution is -2.44. The molecule has 0 radical (unpaired) electrons. The molecule has 0 bridgehead atoms. The van der Waals surface area contributed by atoms with E-state index in [2.05, 4.69) is 4.57 Å². The first-order valence-corrected chi connectivity index (χ1v) is 7.40. The molecule has 1 atom stereocenters. The van der Waals surface area contributed by atoms with Crippen LogP contribution in [0.4, 0.5) is 0 Å². The number of hydrogen-bond donors (Lipinski definition) is 1. The fraction of sp³-hybridized carbons (Fsp3) is 0.667. The quantitative estimate of drug-likeness (QED) is 0.904. The summed E-state index contributed by atoms with van der Waals surface area (Å²) < 4.78 is 2.13. The first kappa shape index (κ1) is 12.7. The van der Waals surface area contributed by atoms with Crippen molar-refractivity contribution in [1.82, 2.24) is 9.47 Å². The van der Waals surface area contributed by atoms with Crippen LogP contribution < -0.4 is 0 Å². The molecule has 19 heavy (non-hydrogen) atoms. The highest BCUT2D eigenvalue weighted by Gasteiger charge is 2.31. The van der Waals surface area contributed by atoms with E-state index < -0.39 is 0 Å². The van der Waals surface area contributed by atoms with Crippen LogP contribution in [0.25, 0.3) is 0 Å². The highest BCUT2D eigenvalue weighted by atomic mass is 16.3. The Morgan fingerprint density at radius 1 is 1.32 bits per heavy atom. The largest absolute Gasteiger partial charge is 0.396 e. The van der Waals surface area contributed by atoms with Gasteiger partial charge in [0.1, 0.15) is 5.69 Å². The molecule has 3 rings (SSSR count). The summed E-state index contributed by atoms with van der Waals surface area (Å²) in [7, 11) is 0. The summed E-state index contributed by atoms with van der Waals surface area (Å²) in [6.45, 7) is 0.997. The number of aliphatic hydroxyl groups is 1. The van der Waals surface area contributed by atoms with Gasteiger partial charge in [-0.15, -0.1) is 0 Å². The minimum absolute atomic E-state index is 0.148. The first-order chi connectivity index (χ1) is 9.31. The van der Waals surface area contributed by atoms with Gasteiger partial charge in [0, 0.05) is 31.4 Å². The third-order valence-electron chi connectivity index (χ3n) is 4.29. The topological polar surface area (TPSA) is 45.5 Å². The van der Waals surface area contributed by atoms with E-state index in [4.69, 9.17) is 5.11 Å². The molecule has 1 saturated carbocycles. The van der Waals surface area contributed by atoms with Crippen LogP contribution in [0.2, 0.25) is 0 Å². The second kappa shape index (κ2) is 5.37. The Morgan fingerprint density at radius 2 is 2.16 bits per heavy atom. The monoisotopic (exact) mass is 262 g/mol. The van der Waals surface area contributed by atoms with E-state index in [1.807, 2.05) is 23.2 Å². The first-order valence-electron chi connectivity index (χ1n) is 7.40. The number of hydrogen-bond acceptors (Lipinski definition) is 2. The molecule has 4 nitrogen and oxygen atoms in total. The molecule has 104 valence electrons. The molecule has 1 aliphatic heterocycles. The van der Waals surface area contributed by atoms with E-state index in [9.17, 15) is 4.79 Å². The number of aliphatic hydroxyl groups excluding tert-OH is 1. The lowest BCUT2D eigenvalue weighted by molar-refractivity contribution is 0.0563. The second-order valence-electron chi connectivity index (χ2n) is 5.69. The van der Waals surface area contributed by atoms with Gasteiger partial charge >= 0.3 is 0 Å². The number of aromatic nitrogens is 1. The van der Waals surface area contributed by atoms with Crippen molar-refractivity contribution in [3.8, 4) is 0 Å². The molecular formula is C15H22N2O2. The maximum Gasteiger partial charge on any atom is 0.270 e. The van der Waals surface area contributed by atoms with Crippen LogP contribution in [0.3, 0.4) is 0 Å². The van der Waals surface area contributed by atoms with Crippen LogP contribution >= 0.6 is 0 Å². The summed E-state index contributed by atoms with van der Waals surface area (Å²) in [6.07, 6.45) is 8.38. The van der Waals surface area contributed by atoms with Gasteiger partial charge in [-0.25, -0.2) is 0 Å². The van der Waals surface area contributed by atoms with E-state index in [1.165, 1.54) is 12.8 Å². The summed E-state index contributed by atoms with van der Waals surface area (Å²) in [4.78, 5) is 14.7. The number of carbonyl (C=O) groups is 1. The van der Waals surface area contributed by atoms with Gasteiger partial charge in [0.05, 0.1) is 0 Å². The van der Waals surface area contributed by atoms with E-state index in [0.29, 0.717) is 12.5 Å². The van der Waals surface area contributed by atoms with Gasteiger partial charge < -0.3 is 14.6 Å². The molecular weight excluding hydrogens is 240 g/mol. The van der Waals surface area contributed by atoms with Crippen molar-refractivity contribution in [2.75, 3.05) is 13.2 Å². The van der Waals surface area contributed by atoms with Crippen LogP contribution in [0, 0.1) is 0 Å². The number of amides is 1. The maximum atomic E-state index is 12.7. The fourth-order valence-electron chi connectivity index (χ4n) is 3.11. The van der Waals surface area contributed by atoms with Crippen LogP contribution in [0.5, 0.6) is 0 Å². The van der Waals surface area contributed by atoms with E-state index in [-0.39, 0.29) is 18.6 Å². The van der Waals surface area contributed by atoms with Gasteiger partial charge in [-0.3, -0.25) is 4.79 Å². The van der Waals surface area contributed by atoms with E-state index >= 15 is 0 Å². The Hall–Kier alpha value is -1.29. The van der Waals surface area contributed by atoms with Crippen molar-refractivity contribution >= 4 is 5.91 Å². The Labute approximate surface area is 114 Å². The molecule has 1 unspecified atom stereocenters. The fourth-order valence-corrected chi connectivity index (χ4v) is 3.11. The Balaban J connectivity index is 1.78. The van der Waals surface area contributed by atoms with Crippen molar-refractivity contribution in [3.05, 3.63) is 24.0 Å². The van der Waals surface area contributed by atoms with Gasteiger partial charge in [-0.2, -0.15) is 0 Å². The average molecular weight is 262 g/mol. The molecule has 1 amide bonds. The van der Waals surface area contributed by atoms with Crippen molar-refractivity contribution < 1.29 is 9.90 Å². The maximum absolute atomic E-state index is 12.7. The molecule has 1 aliphatic carbocycles. The Morgan fingerprint density at radius 3 is 2.89 bits per heavy atom. The molecule has 1 aromatic rings. The standard InChI is InChI=1S/C15H22N2O2/c18-11-8-12-4-1-2-9-17(12)15(19)14-5-3-10-16(14)13-6-7-13/h3,5,10,12-13,18H,1-2,4,6-9,11H2. The van der Waals surface area contributed by atoms with Crippen LogP contribution in [-0.4, -0.2) is 39.7 Å². The van der Waals surface area contributed by atoms with Gasteiger partial charge in [-0.05, 0) is 50.7 Å². The zero-order chi connectivity index (χ0) is 13.2. The minimum Gasteiger partial charge on any atom is -0.396 e. The third kappa shape index (κ3) is 2.54. The van der Waals surface area contributed by atoms with Gasteiger partial charge in [0.2, 0.25) is 0 Å². The van der Waals surface area contributed by atoms with Crippen LogP contribution in [0.1, 0.15) is 55.1 Å². The van der Waals surface area contributed by atoms with Crippen molar-refractivity contribution in [2.24, 2.45) is 0 Å². The molecule has 1 N–H and O–H groups in total.